The lowest BCUT2D eigenvalue weighted by Gasteiger charge is -2.31. The Morgan fingerprint density at radius 1 is 1.26 bits per heavy atom. The van der Waals surface area contributed by atoms with Crippen LogP contribution < -0.4 is 5.73 Å². The number of nitrogens with zero attached hydrogens (tertiary/aromatic N) is 1. The van der Waals surface area contributed by atoms with E-state index in [9.17, 15) is 4.79 Å². The van der Waals surface area contributed by atoms with Crippen molar-refractivity contribution in [3.63, 3.8) is 0 Å². The van der Waals surface area contributed by atoms with Gasteiger partial charge in [-0.15, -0.1) is 0 Å². The predicted octanol–water partition coefficient (Wildman–Crippen LogP) is 3.28. The zero-order valence-electron chi connectivity index (χ0n) is 13.8. The van der Waals surface area contributed by atoms with Crippen LogP contribution in [0.5, 0.6) is 0 Å². The quantitative estimate of drug-likeness (QED) is 0.735. The average molecular weight is 270 g/mol. The number of hydrogen-bond donors (Lipinski definition) is 1. The number of hydrogen-bond acceptors (Lipinski definition) is 2. The summed E-state index contributed by atoms with van der Waals surface area (Å²) in [4.78, 5) is 14.0. The summed E-state index contributed by atoms with van der Waals surface area (Å²) in [6.07, 6.45) is 3.72. The van der Waals surface area contributed by atoms with E-state index in [1.54, 1.807) is 0 Å². The van der Waals surface area contributed by atoms with Crippen molar-refractivity contribution in [2.75, 3.05) is 20.1 Å². The highest BCUT2D eigenvalue weighted by Gasteiger charge is 2.25. The van der Waals surface area contributed by atoms with Crippen LogP contribution in [0.3, 0.4) is 0 Å². The van der Waals surface area contributed by atoms with Crippen LogP contribution in [0.25, 0.3) is 0 Å². The van der Waals surface area contributed by atoms with E-state index in [1.807, 2.05) is 11.9 Å². The summed E-state index contributed by atoms with van der Waals surface area (Å²) in [5.41, 5.74) is 5.91. The lowest BCUT2D eigenvalue weighted by molar-refractivity contribution is -0.130. The molecule has 0 aromatic heterocycles. The Morgan fingerprint density at radius 2 is 1.84 bits per heavy atom. The molecule has 0 aromatic rings. The highest BCUT2D eigenvalue weighted by atomic mass is 16.2. The molecular weight excluding hydrogens is 236 g/mol. The van der Waals surface area contributed by atoms with Crippen LogP contribution in [0.4, 0.5) is 0 Å². The Labute approximate surface area is 119 Å². The maximum Gasteiger partial charge on any atom is 0.222 e. The van der Waals surface area contributed by atoms with Crippen molar-refractivity contribution in [3.05, 3.63) is 0 Å². The van der Waals surface area contributed by atoms with Crippen molar-refractivity contribution >= 4 is 5.91 Å². The lowest BCUT2D eigenvalue weighted by atomic mass is 9.76. The first-order chi connectivity index (χ1) is 8.72. The fraction of sp³-hybridized carbons (Fsp3) is 0.938. The van der Waals surface area contributed by atoms with Gasteiger partial charge < -0.3 is 10.6 Å². The molecule has 0 heterocycles. The second-order valence-corrected chi connectivity index (χ2v) is 6.97. The molecule has 2 N–H and O–H groups in total. The monoisotopic (exact) mass is 270 g/mol. The van der Waals surface area contributed by atoms with E-state index in [0.29, 0.717) is 24.8 Å². The van der Waals surface area contributed by atoms with Gasteiger partial charge in [0.15, 0.2) is 0 Å². The second kappa shape index (κ2) is 8.57. The third-order valence-electron chi connectivity index (χ3n) is 4.15. The molecule has 3 nitrogen and oxygen atoms in total. The molecule has 0 bridgehead atoms. The summed E-state index contributed by atoms with van der Waals surface area (Å²) in [6, 6.07) is 0. The van der Waals surface area contributed by atoms with E-state index in [0.717, 1.165) is 25.8 Å². The lowest BCUT2D eigenvalue weighted by Crippen LogP contribution is -2.32. The third-order valence-corrected chi connectivity index (χ3v) is 4.15. The first-order valence-electron chi connectivity index (χ1n) is 7.66. The first kappa shape index (κ1) is 18.4. The van der Waals surface area contributed by atoms with Gasteiger partial charge in [0.25, 0.3) is 0 Å². The van der Waals surface area contributed by atoms with E-state index < -0.39 is 0 Å². The van der Waals surface area contributed by atoms with Gasteiger partial charge in [0.1, 0.15) is 0 Å². The predicted molar refractivity (Wildman–Crippen MR) is 82.9 cm³/mol. The normalized spacial score (nSPS) is 15.1. The van der Waals surface area contributed by atoms with Crippen molar-refractivity contribution in [3.8, 4) is 0 Å². The van der Waals surface area contributed by atoms with Crippen LogP contribution in [0.15, 0.2) is 0 Å². The molecule has 0 radical (unpaired) electrons. The minimum atomic E-state index is 0.231. The van der Waals surface area contributed by atoms with E-state index in [1.165, 1.54) is 0 Å². The third kappa shape index (κ3) is 7.56. The molecule has 0 fully saturated rings. The summed E-state index contributed by atoms with van der Waals surface area (Å²) in [5.74, 6) is 1.38. The topological polar surface area (TPSA) is 46.3 Å². The van der Waals surface area contributed by atoms with E-state index in [2.05, 4.69) is 34.6 Å². The molecule has 2 atom stereocenters. The Morgan fingerprint density at radius 3 is 2.26 bits per heavy atom. The van der Waals surface area contributed by atoms with Gasteiger partial charge in [-0.1, -0.05) is 41.0 Å². The summed E-state index contributed by atoms with van der Waals surface area (Å²) in [5, 5.41) is 0. The first-order valence-corrected chi connectivity index (χ1v) is 7.66. The van der Waals surface area contributed by atoms with Gasteiger partial charge >= 0.3 is 0 Å². The van der Waals surface area contributed by atoms with Crippen LogP contribution in [-0.4, -0.2) is 30.9 Å². The molecule has 0 aliphatic rings. The maximum atomic E-state index is 12.1. The highest BCUT2D eigenvalue weighted by Crippen LogP contribution is 2.32. The van der Waals surface area contributed by atoms with Crippen molar-refractivity contribution in [2.24, 2.45) is 23.0 Å². The van der Waals surface area contributed by atoms with E-state index in [-0.39, 0.29) is 11.3 Å². The van der Waals surface area contributed by atoms with Gasteiger partial charge in [-0.25, -0.2) is 0 Å². The maximum absolute atomic E-state index is 12.1. The molecule has 0 saturated carbocycles. The van der Waals surface area contributed by atoms with Crippen molar-refractivity contribution in [1.29, 1.82) is 0 Å². The minimum Gasteiger partial charge on any atom is -0.345 e. The molecule has 0 aliphatic heterocycles. The SMILES string of the molecule is CCC(C)CN(C)C(=O)CCC(CCN)C(C)(C)C. The van der Waals surface area contributed by atoms with Crippen LogP contribution in [0, 0.1) is 17.3 Å². The highest BCUT2D eigenvalue weighted by molar-refractivity contribution is 5.75. The van der Waals surface area contributed by atoms with Gasteiger partial charge in [0.05, 0.1) is 0 Å². The molecule has 114 valence electrons. The Kier molecular flexibility index (Phi) is 8.31. The number of rotatable bonds is 8. The number of nitrogens with two attached hydrogens (primary N) is 1. The van der Waals surface area contributed by atoms with Gasteiger partial charge in [0, 0.05) is 20.0 Å². The fourth-order valence-electron chi connectivity index (χ4n) is 2.40. The summed E-state index contributed by atoms with van der Waals surface area (Å²) < 4.78 is 0. The second-order valence-electron chi connectivity index (χ2n) is 6.97. The Bertz CT molecular complexity index is 258. The smallest absolute Gasteiger partial charge is 0.222 e. The van der Waals surface area contributed by atoms with Crippen LogP contribution in [0.2, 0.25) is 0 Å². The molecule has 0 saturated heterocycles. The Balaban J connectivity index is 4.25. The molecule has 0 rings (SSSR count). The molecule has 0 aliphatic carbocycles. The summed E-state index contributed by atoms with van der Waals surface area (Å²) in [7, 11) is 1.92. The van der Waals surface area contributed by atoms with Crippen molar-refractivity contribution in [1.82, 2.24) is 4.90 Å². The van der Waals surface area contributed by atoms with Gasteiger partial charge in [0.2, 0.25) is 5.91 Å². The number of amides is 1. The largest absolute Gasteiger partial charge is 0.345 e. The molecule has 3 heteroatoms. The zero-order valence-corrected chi connectivity index (χ0v) is 13.8. The number of carbonyl (C=O) groups is 1. The van der Waals surface area contributed by atoms with Gasteiger partial charge in [-0.2, -0.15) is 0 Å². The number of carbonyl (C=O) groups excluding carboxylic acids is 1. The molecular formula is C16H34N2O. The van der Waals surface area contributed by atoms with Crippen molar-refractivity contribution in [2.45, 2.75) is 60.3 Å². The fourth-order valence-corrected chi connectivity index (χ4v) is 2.40. The molecule has 0 aromatic carbocycles. The van der Waals surface area contributed by atoms with Gasteiger partial charge in [-0.05, 0) is 36.6 Å². The van der Waals surface area contributed by atoms with Crippen molar-refractivity contribution < 1.29 is 4.79 Å². The van der Waals surface area contributed by atoms with Gasteiger partial charge in [-0.3, -0.25) is 4.79 Å². The van der Waals surface area contributed by atoms with E-state index >= 15 is 0 Å². The molecule has 1 amide bonds. The summed E-state index contributed by atoms with van der Waals surface area (Å²) >= 11 is 0. The Hall–Kier alpha value is -0.570. The van der Waals surface area contributed by atoms with Crippen LogP contribution in [0.1, 0.15) is 60.3 Å². The molecule has 0 spiro atoms. The summed E-state index contributed by atoms with van der Waals surface area (Å²) in [6.45, 7) is 12.6. The minimum absolute atomic E-state index is 0.231. The molecule has 2 unspecified atom stereocenters. The average Bonchev–Trinajstić information content (AvgIpc) is 2.32. The zero-order chi connectivity index (χ0) is 15.1. The van der Waals surface area contributed by atoms with Crippen LogP contribution >= 0.6 is 0 Å². The standard InChI is InChI=1S/C16H34N2O/c1-7-13(2)12-18(6)15(19)9-8-14(10-11-17)16(3,4)5/h13-14H,7-12,17H2,1-6H3. The van der Waals surface area contributed by atoms with E-state index in [4.69, 9.17) is 5.73 Å². The van der Waals surface area contributed by atoms with Crippen LogP contribution in [-0.2, 0) is 4.79 Å². The molecule has 19 heavy (non-hydrogen) atoms.